The van der Waals surface area contributed by atoms with Crippen molar-refractivity contribution in [3.05, 3.63) is 23.9 Å². The van der Waals surface area contributed by atoms with Gasteiger partial charge in [0, 0.05) is 0 Å². The first-order valence-electron chi connectivity index (χ1n) is 3.88. The van der Waals surface area contributed by atoms with Crippen LogP contribution in [0.4, 0.5) is 8.78 Å². The molecule has 0 radical (unpaired) electrons. The molecule has 0 aromatic carbocycles. The van der Waals surface area contributed by atoms with Crippen LogP contribution in [0.15, 0.2) is 23.9 Å². The summed E-state index contributed by atoms with van der Waals surface area (Å²) in [6.07, 6.45) is 4.16. The van der Waals surface area contributed by atoms with Gasteiger partial charge in [0.2, 0.25) is 0 Å². The van der Waals surface area contributed by atoms with E-state index in [1.165, 1.54) is 18.4 Å². The molecule has 1 unspecified atom stereocenters. The van der Waals surface area contributed by atoms with Crippen molar-refractivity contribution < 1.29 is 8.78 Å². The molecule has 3 N–H and O–H groups in total. The fourth-order valence-corrected chi connectivity index (χ4v) is 1.03. The molecule has 2 nitrogen and oxygen atoms in total. The van der Waals surface area contributed by atoms with Crippen LogP contribution in [0.1, 0.15) is 6.92 Å². The van der Waals surface area contributed by atoms with Crippen LogP contribution in [0.25, 0.3) is 0 Å². The maximum atomic E-state index is 12.8. The molecule has 0 spiro atoms. The molecule has 0 saturated carbocycles. The van der Waals surface area contributed by atoms with Crippen molar-refractivity contribution in [3.63, 3.8) is 0 Å². The Bertz CT molecular complexity index is 278. The van der Waals surface area contributed by atoms with E-state index >= 15 is 0 Å². The van der Waals surface area contributed by atoms with Gasteiger partial charge >= 0.3 is 75.7 Å². The van der Waals surface area contributed by atoms with Crippen LogP contribution in [-0.2, 0) is 0 Å². The number of nitrogens with one attached hydrogen (secondary N) is 1. The Labute approximate surface area is 76.6 Å². The number of allylic oxidation sites excluding steroid dienone is 2. The minimum atomic E-state index is -2.83. The van der Waals surface area contributed by atoms with Crippen molar-refractivity contribution in [2.24, 2.45) is 5.73 Å². The van der Waals surface area contributed by atoms with Crippen molar-refractivity contribution in [1.29, 1.82) is 0 Å². The molecular formula is C8H11BF2N2. The summed E-state index contributed by atoms with van der Waals surface area (Å²) in [7, 11) is 3.49. The van der Waals surface area contributed by atoms with Crippen molar-refractivity contribution in [2.75, 3.05) is 0 Å². The monoisotopic (exact) mass is 184 g/mol. The molecule has 0 fully saturated rings. The van der Waals surface area contributed by atoms with Crippen molar-refractivity contribution in [2.45, 2.75) is 18.9 Å². The van der Waals surface area contributed by atoms with E-state index in [4.69, 9.17) is 5.73 Å². The van der Waals surface area contributed by atoms with E-state index in [-0.39, 0.29) is 5.57 Å². The van der Waals surface area contributed by atoms with Gasteiger partial charge in [-0.2, -0.15) is 0 Å². The summed E-state index contributed by atoms with van der Waals surface area (Å²) in [6, 6.07) is -0.397. The molecule has 1 aliphatic heterocycles. The van der Waals surface area contributed by atoms with E-state index in [1.807, 2.05) is 0 Å². The third-order valence-corrected chi connectivity index (χ3v) is 1.79. The Kier molecular flexibility index (Phi) is 2.54. The van der Waals surface area contributed by atoms with Gasteiger partial charge in [0.1, 0.15) is 0 Å². The summed E-state index contributed by atoms with van der Waals surface area (Å²) in [5, 5.41) is 2.81. The summed E-state index contributed by atoms with van der Waals surface area (Å²) in [5.41, 5.74) is 5.68. The van der Waals surface area contributed by atoms with E-state index in [0.717, 1.165) is 6.92 Å². The third kappa shape index (κ3) is 2.40. The second kappa shape index (κ2) is 3.32. The number of hydrogen-bond acceptors (Lipinski definition) is 2. The Morgan fingerprint density at radius 2 is 2.31 bits per heavy atom. The quantitative estimate of drug-likeness (QED) is 0.594. The molecule has 0 aromatic rings. The van der Waals surface area contributed by atoms with Gasteiger partial charge in [-0.05, 0) is 0 Å². The number of alkyl halides is 2. The van der Waals surface area contributed by atoms with Crippen LogP contribution in [0.2, 0.25) is 0 Å². The van der Waals surface area contributed by atoms with Crippen LogP contribution >= 0.6 is 0 Å². The summed E-state index contributed by atoms with van der Waals surface area (Å²) < 4.78 is 25.7. The molecule has 1 aliphatic rings. The van der Waals surface area contributed by atoms with Crippen molar-refractivity contribution in [3.8, 4) is 0 Å². The Hall–Kier alpha value is -1.13. The van der Waals surface area contributed by atoms with Gasteiger partial charge < -0.3 is 0 Å². The zero-order chi connectivity index (χ0) is 10.1. The molecule has 0 aliphatic carbocycles. The average molecular weight is 184 g/mol. The summed E-state index contributed by atoms with van der Waals surface area (Å²) in [5.74, 6) is -2.83. The second-order valence-electron chi connectivity index (χ2n) is 3.06. The predicted molar refractivity (Wildman–Crippen MR) is 51.1 cm³/mol. The normalized spacial score (nSPS) is 22.0. The molecule has 5 heteroatoms. The molecule has 70 valence electrons. The molecular weight excluding hydrogens is 173 g/mol. The molecule has 0 amide bonds. The minimum absolute atomic E-state index is 0.0390. The van der Waals surface area contributed by atoms with Gasteiger partial charge in [-0.3, -0.25) is 0 Å². The van der Waals surface area contributed by atoms with Crippen molar-refractivity contribution in [1.82, 2.24) is 5.32 Å². The summed E-state index contributed by atoms with van der Waals surface area (Å²) in [6.45, 7) is 0.852. The van der Waals surface area contributed by atoms with Gasteiger partial charge in [-0.15, -0.1) is 0 Å². The van der Waals surface area contributed by atoms with E-state index in [9.17, 15) is 8.78 Å². The topological polar surface area (TPSA) is 38.0 Å². The van der Waals surface area contributed by atoms with Crippen LogP contribution in [0.3, 0.4) is 0 Å². The van der Waals surface area contributed by atoms with Crippen LogP contribution < -0.4 is 11.1 Å². The van der Waals surface area contributed by atoms with E-state index in [0.29, 0.717) is 5.59 Å². The first kappa shape index (κ1) is 9.96. The number of rotatable bonds is 2. The van der Waals surface area contributed by atoms with Crippen LogP contribution in [0.5, 0.6) is 0 Å². The molecule has 0 bridgehead atoms. The van der Waals surface area contributed by atoms with Gasteiger partial charge in [-0.1, -0.05) is 0 Å². The van der Waals surface area contributed by atoms with Crippen LogP contribution in [0, 0.1) is 0 Å². The number of hydrogen-bond donors (Lipinski definition) is 2. The summed E-state index contributed by atoms with van der Waals surface area (Å²) >= 11 is 0. The molecule has 13 heavy (non-hydrogen) atoms. The fourth-order valence-electron chi connectivity index (χ4n) is 1.03. The summed E-state index contributed by atoms with van der Waals surface area (Å²) in [4.78, 5) is 0. The fraction of sp³-hybridized carbons (Fsp3) is 0.375. The number of nitrogens with two attached hydrogens (primary N) is 1. The van der Waals surface area contributed by atoms with E-state index < -0.39 is 12.0 Å². The first-order valence-corrected chi connectivity index (χ1v) is 3.88. The standard InChI is InChI=1S/C8H11BF2N2/c1-8(10,11)5-2-3-13-6(4-5)7(9)12/h2-4,6,9,13H,12H2,1H3. The Morgan fingerprint density at radius 1 is 1.69 bits per heavy atom. The third-order valence-electron chi connectivity index (χ3n) is 1.79. The van der Waals surface area contributed by atoms with Gasteiger partial charge in [0.15, 0.2) is 0 Å². The van der Waals surface area contributed by atoms with Gasteiger partial charge in [-0.25, -0.2) is 0 Å². The second-order valence-corrected chi connectivity index (χ2v) is 3.06. The Morgan fingerprint density at radius 3 is 2.77 bits per heavy atom. The van der Waals surface area contributed by atoms with Gasteiger partial charge in [0.25, 0.3) is 0 Å². The maximum absolute atomic E-state index is 12.8. The SMILES string of the molecule is B=C(N)C1C=C(C(C)(F)F)C=CN1. The number of dihydropyridines is 1. The van der Waals surface area contributed by atoms with E-state index in [2.05, 4.69) is 12.8 Å². The zero-order valence-corrected chi connectivity index (χ0v) is 7.35. The van der Waals surface area contributed by atoms with Crippen LogP contribution in [-0.4, -0.2) is 25.0 Å². The molecule has 1 rings (SSSR count). The molecule has 0 saturated heterocycles. The molecule has 1 atom stereocenters. The van der Waals surface area contributed by atoms with Gasteiger partial charge in [0.05, 0.1) is 0 Å². The zero-order valence-electron chi connectivity index (χ0n) is 7.35. The predicted octanol–water partition coefficient (Wildman–Crippen LogP) is 0.0429. The van der Waals surface area contributed by atoms with Crippen molar-refractivity contribution >= 4 is 13.1 Å². The molecule has 1 heterocycles. The van der Waals surface area contributed by atoms with E-state index in [1.54, 1.807) is 0 Å². The first-order chi connectivity index (χ1) is 5.91. The number of halogens is 2. The molecule has 0 aromatic heterocycles. The average Bonchev–Trinajstić information content (AvgIpc) is 2.03. The Balaban J connectivity index is 2.87.